The summed E-state index contributed by atoms with van der Waals surface area (Å²) in [5.41, 5.74) is 0.308. The topological polar surface area (TPSA) is 17.1 Å². The maximum atomic E-state index is 13.4. The Morgan fingerprint density at radius 3 is 2.04 bits per heavy atom. The van der Waals surface area contributed by atoms with Gasteiger partial charge in [0.1, 0.15) is 0 Å². The van der Waals surface area contributed by atoms with Crippen LogP contribution in [0.1, 0.15) is 101 Å². The van der Waals surface area contributed by atoms with Crippen LogP contribution in [-0.4, -0.2) is 5.78 Å². The van der Waals surface area contributed by atoms with Crippen molar-refractivity contribution in [3.63, 3.8) is 0 Å². The Bertz CT molecular complexity index is 625. The molecule has 0 N–H and O–H groups in total. The quantitative estimate of drug-likeness (QED) is 0.328. The zero-order chi connectivity index (χ0) is 19.9. The summed E-state index contributed by atoms with van der Waals surface area (Å²) in [6.07, 6.45) is 16.3. The van der Waals surface area contributed by atoms with Gasteiger partial charge < -0.3 is 0 Å². The maximum Gasteiger partial charge on any atom is 0.163 e. The number of carbonyl (C=O) groups excluding carboxylic acids is 1. The van der Waals surface area contributed by atoms with Crippen molar-refractivity contribution in [3.05, 3.63) is 35.4 Å². The van der Waals surface area contributed by atoms with Crippen LogP contribution < -0.4 is 0 Å². The van der Waals surface area contributed by atoms with E-state index in [1.54, 1.807) is 0 Å². The summed E-state index contributed by atoms with van der Waals surface area (Å²) in [6, 6.07) is 3.51. The summed E-state index contributed by atoms with van der Waals surface area (Å²) < 4.78 is 26.4. The third-order valence-corrected chi connectivity index (χ3v) is 7.38. The lowest BCUT2D eigenvalue weighted by Gasteiger charge is -2.38. The lowest BCUT2D eigenvalue weighted by molar-refractivity contribution is 0.0919. The number of Topliss-reactive ketones (excluding diaryl/α,β-unsaturated/α-hetero) is 1. The molecule has 3 heteroatoms. The number of carbonyl (C=O) groups is 1. The first-order valence-electron chi connectivity index (χ1n) is 11.5. The molecule has 156 valence electrons. The van der Waals surface area contributed by atoms with Gasteiger partial charge >= 0.3 is 0 Å². The summed E-state index contributed by atoms with van der Waals surface area (Å²) in [6.45, 7) is 2.28. The lowest BCUT2D eigenvalue weighted by atomic mass is 9.68. The van der Waals surface area contributed by atoms with Gasteiger partial charge in [-0.25, -0.2) is 8.78 Å². The molecule has 0 heterocycles. The molecule has 0 spiro atoms. The molecule has 2 fully saturated rings. The zero-order valence-electron chi connectivity index (χ0n) is 17.4. The SMILES string of the molecule is CCCCCC1CCC(C2CCC(CC(=O)c3ccc(F)c(F)c3)CC2)CC1. The van der Waals surface area contributed by atoms with Crippen LogP contribution in [0.2, 0.25) is 0 Å². The van der Waals surface area contributed by atoms with Crippen molar-refractivity contribution < 1.29 is 13.6 Å². The fourth-order valence-electron chi connectivity index (χ4n) is 5.54. The second-order valence-corrected chi connectivity index (χ2v) is 9.31. The van der Waals surface area contributed by atoms with Crippen molar-refractivity contribution in [1.29, 1.82) is 0 Å². The highest BCUT2D eigenvalue weighted by atomic mass is 19.2. The van der Waals surface area contributed by atoms with Crippen molar-refractivity contribution >= 4 is 5.78 Å². The summed E-state index contributed by atoms with van der Waals surface area (Å²) in [4.78, 5) is 12.4. The molecule has 28 heavy (non-hydrogen) atoms. The second kappa shape index (κ2) is 10.5. The number of halogens is 2. The van der Waals surface area contributed by atoms with E-state index in [0.29, 0.717) is 17.9 Å². The average molecular weight is 391 g/mol. The van der Waals surface area contributed by atoms with E-state index in [1.807, 2.05) is 0 Å². The van der Waals surface area contributed by atoms with Crippen LogP contribution in [0, 0.1) is 35.3 Å². The Hall–Kier alpha value is -1.25. The normalized spacial score (nSPS) is 28.2. The minimum absolute atomic E-state index is 0.0464. The fraction of sp³-hybridized carbons (Fsp3) is 0.720. The van der Waals surface area contributed by atoms with E-state index in [9.17, 15) is 13.6 Å². The Morgan fingerprint density at radius 2 is 1.46 bits per heavy atom. The molecule has 0 unspecified atom stereocenters. The van der Waals surface area contributed by atoms with Crippen LogP contribution in [-0.2, 0) is 0 Å². The molecular weight excluding hydrogens is 354 g/mol. The molecule has 2 aliphatic carbocycles. The minimum Gasteiger partial charge on any atom is -0.294 e. The molecule has 0 atom stereocenters. The van der Waals surface area contributed by atoms with E-state index < -0.39 is 11.6 Å². The van der Waals surface area contributed by atoms with Crippen LogP contribution in [0.3, 0.4) is 0 Å². The maximum absolute atomic E-state index is 13.4. The van der Waals surface area contributed by atoms with E-state index >= 15 is 0 Å². The molecule has 3 rings (SSSR count). The van der Waals surface area contributed by atoms with Gasteiger partial charge in [0, 0.05) is 12.0 Å². The molecular formula is C25H36F2O. The van der Waals surface area contributed by atoms with Crippen LogP contribution in [0.15, 0.2) is 18.2 Å². The van der Waals surface area contributed by atoms with Crippen LogP contribution in [0.4, 0.5) is 8.78 Å². The molecule has 0 aromatic heterocycles. The fourth-order valence-corrected chi connectivity index (χ4v) is 5.54. The first-order chi connectivity index (χ1) is 13.6. The molecule has 0 radical (unpaired) electrons. The molecule has 2 saturated carbocycles. The lowest BCUT2D eigenvalue weighted by Crippen LogP contribution is -2.26. The van der Waals surface area contributed by atoms with E-state index in [1.165, 1.54) is 70.3 Å². The van der Waals surface area contributed by atoms with E-state index in [4.69, 9.17) is 0 Å². The van der Waals surface area contributed by atoms with Crippen molar-refractivity contribution in [2.45, 2.75) is 90.4 Å². The standard InChI is InChI=1S/C25H36F2O/c1-2-3-4-5-18-6-10-20(11-7-18)21-12-8-19(9-13-21)16-25(28)22-14-15-23(26)24(27)17-22/h14-15,17-21H,2-13,16H2,1H3. The van der Waals surface area contributed by atoms with Gasteiger partial charge in [-0.15, -0.1) is 0 Å². The van der Waals surface area contributed by atoms with Crippen LogP contribution in [0.25, 0.3) is 0 Å². The molecule has 0 amide bonds. The number of benzene rings is 1. The molecule has 0 bridgehead atoms. The smallest absolute Gasteiger partial charge is 0.163 e. The minimum atomic E-state index is -0.931. The number of ketones is 1. The predicted molar refractivity (Wildman–Crippen MR) is 110 cm³/mol. The number of unbranched alkanes of at least 4 members (excludes halogenated alkanes) is 2. The second-order valence-electron chi connectivity index (χ2n) is 9.31. The van der Waals surface area contributed by atoms with Gasteiger partial charge in [-0.3, -0.25) is 4.79 Å². The Balaban J connectivity index is 1.39. The summed E-state index contributed by atoms with van der Waals surface area (Å²) >= 11 is 0. The molecule has 1 aromatic rings. The van der Waals surface area contributed by atoms with Crippen molar-refractivity contribution in [3.8, 4) is 0 Å². The Kier molecular flexibility index (Phi) is 8.05. The number of rotatable bonds is 8. The van der Waals surface area contributed by atoms with E-state index in [2.05, 4.69) is 6.92 Å². The average Bonchev–Trinajstić information content (AvgIpc) is 2.71. The van der Waals surface area contributed by atoms with Gasteiger partial charge in [0.2, 0.25) is 0 Å². The largest absolute Gasteiger partial charge is 0.294 e. The van der Waals surface area contributed by atoms with Gasteiger partial charge in [-0.2, -0.15) is 0 Å². The molecule has 2 aliphatic rings. The van der Waals surface area contributed by atoms with Gasteiger partial charge in [0.15, 0.2) is 17.4 Å². The highest BCUT2D eigenvalue weighted by molar-refractivity contribution is 5.96. The first-order valence-corrected chi connectivity index (χ1v) is 11.5. The first kappa shape index (κ1) is 21.5. The van der Waals surface area contributed by atoms with Crippen LogP contribution in [0.5, 0.6) is 0 Å². The zero-order valence-corrected chi connectivity index (χ0v) is 17.4. The molecule has 1 aromatic carbocycles. The van der Waals surface area contributed by atoms with Gasteiger partial charge in [0.05, 0.1) is 0 Å². The molecule has 0 saturated heterocycles. The molecule has 0 aliphatic heterocycles. The van der Waals surface area contributed by atoms with Crippen molar-refractivity contribution in [2.24, 2.45) is 23.7 Å². The monoisotopic (exact) mass is 390 g/mol. The van der Waals surface area contributed by atoms with Gasteiger partial charge in [-0.1, -0.05) is 45.4 Å². The highest BCUT2D eigenvalue weighted by Gasteiger charge is 2.31. The summed E-state index contributed by atoms with van der Waals surface area (Å²) in [7, 11) is 0. The van der Waals surface area contributed by atoms with Gasteiger partial charge in [-0.05, 0) is 80.4 Å². The van der Waals surface area contributed by atoms with E-state index in [0.717, 1.165) is 42.7 Å². The summed E-state index contributed by atoms with van der Waals surface area (Å²) in [5.74, 6) is 1.23. The van der Waals surface area contributed by atoms with Crippen LogP contribution >= 0.6 is 0 Å². The van der Waals surface area contributed by atoms with Gasteiger partial charge in [0.25, 0.3) is 0 Å². The summed E-state index contributed by atoms with van der Waals surface area (Å²) in [5, 5.41) is 0. The Labute approximate surface area is 169 Å². The van der Waals surface area contributed by atoms with Crippen molar-refractivity contribution in [1.82, 2.24) is 0 Å². The third-order valence-electron chi connectivity index (χ3n) is 7.38. The van der Waals surface area contributed by atoms with E-state index in [-0.39, 0.29) is 5.78 Å². The molecule has 1 nitrogen and oxygen atoms in total. The number of hydrogen-bond donors (Lipinski definition) is 0. The highest BCUT2D eigenvalue weighted by Crippen LogP contribution is 2.43. The predicted octanol–water partition coefficient (Wildman–Crippen LogP) is 7.73. The number of hydrogen-bond acceptors (Lipinski definition) is 1. The van der Waals surface area contributed by atoms with Crippen molar-refractivity contribution in [2.75, 3.05) is 0 Å². The third kappa shape index (κ3) is 5.87. The Morgan fingerprint density at radius 1 is 0.857 bits per heavy atom.